The molecule has 1 aliphatic heterocycles. The first-order valence-electron chi connectivity index (χ1n) is 9.81. The van der Waals surface area contributed by atoms with Gasteiger partial charge in [0, 0.05) is 11.6 Å². The topological polar surface area (TPSA) is 108 Å². The average molecular weight is 413 g/mol. The zero-order chi connectivity index (χ0) is 20.4. The summed E-state index contributed by atoms with van der Waals surface area (Å²) in [4.78, 5) is 20.9. The fraction of sp³-hybridized carbons (Fsp3) is 0.600. The van der Waals surface area contributed by atoms with Crippen LogP contribution in [-0.2, 0) is 0 Å². The van der Waals surface area contributed by atoms with Crippen LogP contribution < -0.4 is 15.4 Å². The van der Waals surface area contributed by atoms with Crippen LogP contribution in [0.5, 0.6) is 5.75 Å². The highest BCUT2D eigenvalue weighted by Gasteiger charge is 2.18. The summed E-state index contributed by atoms with van der Waals surface area (Å²) in [7, 11) is 0. The molecule has 0 spiro atoms. The fourth-order valence-corrected chi connectivity index (χ4v) is 3.77. The second kappa shape index (κ2) is 11.8. The number of carbonyl (C=O) groups excluding carboxylic acids is 1. The maximum atomic E-state index is 12.4. The molecule has 28 heavy (non-hydrogen) atoms. The lowest BCUT2D eigenvalue weighted by atomic mass is 9.95. The van der Waals surface area contributed by atoms with E-state index in [1.54, 1.807) is 6.07 Å². The highest BCUT2D eigenvalue weighted by atomic mass is 35.5. The molecular weight excluding hydrogens is 384 g/mol. The molecule has 0 atom stereocenters. The van der Waals surface area contributed by atoms with Gasteiger partial charge in [-0.25, -0.2) is 4.79 Å². The normalized spacial score (nSPS) is 17.9. The van der Waals surface area contributed by atoms with Crippen LogP contribution in [0.25, 0.3) is 0 Å². The van der Waals surface area contributed by atoms with E-state index in [4.69, 9.17) is 31.3 Å². The van der Waals surface area contributed by atoms with Gasteiger partial charge in [-0.1, -0.05) is 30.9 Å². The van der Waals surface area contributed by atoms with Crippen LogP contribution in [0.4, 0.5) is 4.79 Å². The lowest BCUT2D eigenvalue weighted by molar-refractivity contribution is 0.0927. The van der Waals surface area contributed by atoms with Gasteiger partial charge >= 0.3 is 6.16 Å². The van der Waals surface area contributed by atoms with E-state index in [9.17, 15) is 4.79 Å². The summed E-state index contributed by atoms with van der Waals surface area (Å²) in [6.45, 7) is 2.80. The van der Waals surface area contributed by atoms with Crippen molar-refractivity contribution >= 4 is 23.7 Å². The van der Waals surface area contributed by atoms with Crippen LogP contribution in [0.15, 0.2) is 18.2 Å². The molecule has 1 aliphatic carbocycles. The summed E-state index contributed by atoms with van der Waals surface area (Å²) in [6.07, 6.45) is 6.29. The number of halogens is 1. The molecular formula is C20H29ClN2O5. The van der Waals surface area contributed by atoms with Crippen LogP contribution >= 0.6 is 11.6 Å². The highest BCUT2D eigenvalue weighted by molar-refractivity contribution is 6.32. The summed E-state index contributed by atoms with van der Waals surface area (Å²) < 4.78 is 5.87. The number of rotatable bonds is 5. The molecule has 1 saturated heterocycles. The average Bonchev–Trinajstić information content (AvgIpc) is 2.68. The Labute approximate surface area is 170 Å². The Balaban J connectivity index is 0.000000640. The van der Waals surface area contributed by atoms with Gasteiger partial charge in [0.1, 0.15) is 5.75 Å². The van der Waals surface area contributed by atoms with Crippen molar-refractivity contribution in [2.45, 2.75) is 51.0 Å². The third-order valence-electron chi connectivity index (χ3n) is 5.07. The maximum Gasteiger partial charge on any atom is 0.503 e. The van der Waals surface area contributed by atoms with E-state index in [1.165, 1.54) is 19.3 Å². The number of carboxylic acid groups (broad SMARTS) is 2. The van der Waals surface area contributed by atoms with Gasteiger partial charge in [0.15, 0.2) is 0 Å². The first kappa shape index (κ1) is 22.3. The van der Waals surface area contributed by atoms with Crippen LogP contribution in [0.2, 0.25) is 5.02 Å². The molecule has 1 aromatic rings. The zero-order valence-corrected chi connectivity index (χ0v) is 16.7. The molecule has 1 amide bonds. The largest absolute Gasteiger partial charge is 0.503 e. The molecule has 0 aromatic heterocycles. The van der Waals surface area contributed by atoms with Crippen molar-refractivity contribution in [2.24, 2.45) is 5.92 Å². The Morgan fingerprint density at radius 1 is 1.11 bits per heavy atom. The summed E-state index contributed by atoms with van der Waals surface area (Å²) in [5.74, 6) is 1.22. The highest BCUT2D eigenvalue weighted by Crippen LogP contribution is 2.27. The SMILES string of the molecule is O=C(NC1CCCCC1)c1ccc(OCC2CCNCC2)c(Cl)c1.O=C(O)O. The van der Waals surface area contributed by atoms with Gasteiger partial charge < -0.3 is 25.6 Å². The first-order chi connectivity index (χ1) is 13.5. The summed E-state index contributed by atoms with van der Waals surface area (Å²) >= 11 is 6.32. The Morgan fingerprint density at radius 2 is 1.75 bits per heavy atom. The Bertz CT molecular complexity index is 639. The van der Waals surface area contributed by atoms with Crippen molar-refractivity contribution in [1.29, 1.82) is 0 Å². The summed E-state index contributed by atoms with van der Waals surface area (Å²) in [5.41, 5.74) is 0.611. The zero-order valence-electron chi connectivity index (χ0n) is 16.0. The standard InChI is InChI=1S/C19H27ClN2O2.CH2O3/c20-17-12-15(19(23)22-16-4-2-1-3-5-16)6-7-18(17)24-13-14-8-10-21-11-9-14;2-1(3)4/h6-7,12,14,16,21H,1-5,8-11,13H2,(H,22,23);(H2,2,3,4). The fourth-order valence-electron chi connectivity index (χ4n) is 3.53. The lowest BCUT2D eigenvalue weighted by Crippen LogP contribution is -2.36. The molecule has 156 valence electrons. The van der Waals surface area contributed by atoms with Crippen molar-refractivity contribution in [2.75, 3.05) is 19.7 Å². The van der Waals surface area contributed by atoms with Gasteiger partial charge in [0.2, 0.25) is 0 Å². The third-order valence-corrected chi connectivity index (χ3v) is 5.36. The second-order valence-electron chi connectivity index (χ2n) is 7.24. The molecule has 0 unspecified atom stereocenters. The van der Waals surface area contributed by atoms with E-state index in [0.717, 1.165) is 38.8 Å². The van der Waals surface area contributed by atoms with Crippen molar-refractivity contribution in [3.63, 3.8) is 0 Å². The Kier molecular flexibility index (Phi) is 9.37. The molecule has 3 rings (SSSR count). The Hall–Kier alpha value is -1.99. The van der Waals surface area contributed by atoms with Gasteiger partial charge in [-0.05, 0) is 62.9 Å². The molecule has 0 radical (unpaired) electrons. The quantitative estimate of drug-likeness (QED) is 0.582. The Morgan fingerprint density at radius 3 is 2.36 bits per heavy atom. The number of nitrogens with one attached hydrogen (secondary N) is 2. The molecule has 0 bridgehead atoms. The predicted molar refractivity (Wildman–Crippen MR) is 108 cm³/mol. The predicted octanol–water partition coefficient (Wildman–Crippen LogP) is 4.00. The molecule has 7 nitrogen and oxygen atoms in total. The molecule has 1 saturated carbocycles. The monoisotopic (exact) mass is 412 g/mol. The molecule has 4 N–H and O–H groups in total. The van der Waals surface area contributed by atoms with E-state index < -0.39 is 6.16 Å². The minimum atomic E-state index is -1.83. The van der Waals surface area contributed by atoms with E-state index in [0.29, 0.717) is 34.9 Å². The van der Waals surface area contributed by atoms with Crippen molar-refractivity contribution in [3.8, 4) is 5.75 Å². The van der Waals surface area contributed by atoms with Gasteiger partial charge in [-0.3, -0.25) is 4.79 Å². The minimum absolute atomic E-state index is 0.0336. The maximum absolute atomic E-state index is 12.4. The number of amides is 1. The smallest absolute Gasteiger partial charge is 0.492 e. The number of benzene rings is 1. The number of piperidine rings is 1. The van der Waals surface area contributed by atoms with E-state index in [-0.39, 0.29) is 5.91 Å². The van der Waals surface area contributed by atoms with Gasteiger partial charge in [0.05, 0.1) is 11.6 Å². The van der Waals surface area contributed by atoms with E-state index in [1.807, 2.05) is 12.1 Å². The summed E-state index contributed by atoms with van der Waals surface area (Å²) in [5, 5.41) is 20.9. The van der Waals surface area contributed by atoms with Crippen LogP contribution in [0.1, 0.15) is 55.3 Å². The molecule has 2 fully saturated rings. The molecule has 2 aliphatic rings. The van der Waals surface area contributed by atoms with Crippen molar-refractivity contribution in [3.05, 3.63) is 28.8 Å². The lowest BCUT2D eigenvalue weighted by Gasteiger charge is -2.23. The van der Waals surface area contributed by atoms with Crippen LogP contribution in [-0.4, -0.2) is 48.0 Å². The summed E-state index contributed by atoms with van der Waals surface area (Å²) in [6, 6.07) is 5.65. The second-order valence-corrected chi connectivity index (χ2v) is 7.65. The van der Waals surface area contributed by atoms with E-state index in [2.05, 4.69) is 10.6 Å². The molecule has 8 heteroatoms. The third kappa shape index (κ3) is 7.94. The van der Waals surface area contributed by atoms with Gasteiger partial charge in [-0.15, -0.1) is 0 Å². The van der Waals surface area contributed by atoms with Crippen LogP contribution in [0, 0.1) is 5.92 Å². The number of carbonyl (C=O) groups is 2. The number of hydrogen-bond acceptors (Lipinski definition) is 4. The molecule has 1 aromatic carbocycles. The van der Waals surface area contributed by atoms with Crippen molar-refractivity contribution in [1.82, 2.24) is 10.6 Å². The van der Waals surface area contributed by atoms with Crippen LogP contribution in [0.3, 0.4) is 0 Å². The van der Waals surface area contributed by atoms with Crippen molar-refractivity contribution < 1.29 is 24.5 Å². The van der Waals surface area contributed by atoms with E-state index >= 15 is 0 Å². The van der Waals surface area contributed by atoms with Gasteiger partial charge in [0.25, 0.3) is 5.91 Å². The molecule has 1 heterocycles. The minimum Gasteiger partial charge on any atom is -0.492 e. The van der Waals surface area contributed by atoms with Gasteiger partial charge in [-0.2, -0.15) is 0 Å². The number of hydrogen-bond donors (Lipinski definition) is 4. The number of ether oxygens (including phenoxy) is 1. The first-order valence-corrected chi connectivity index (χ1v) is 10.2.